The second kappa shape index (κ2) is 5.98. The molecule has 1 aromatic heterocycles. The van der Waals surface area contributed by atoms with E-state index in [1.807, 2.05) is 0 Å². The topological polar surface area (TPSA) is 79.7 Å². The highest BCUT2D eigenvalue weighted by atomic mass is 32.2. The van der Waals surface area contributed by atoms with E-state index in [1.54, 1.807) is 11.9 Å². The summed E-state index contributed by atoms with van der Waals surface area (Å²) in [4.78, 5) is 25.4. The third-order valence-electron chi connectivity index (χ3n) is 3.54. The highest BCUT2D eigenvalue weighted by Crippen LogP contribution is 2.10. The molecule has 116 valence electrons. The molecule has 1 aliphatic heterocycles. The van der Waals surface area contributed by atoms with Crippen LogP contribution in [0.15, 0.2) is 23.1 Å². The van der Waals surface area contributed by atoms with Crippen LogP contribution in [0.1, 0.15) is 16.8 Å². The lowest BCUT2D eigenvalue weighted by Gasteiger charge is -2.21. The van der Waals surface area contributed by atoms with Gasteiger partial charge in [0.2, 0.25) is 15.6 Å². The molecule has 2 heterocycles. The molecule has 0 saturated carbocycles. The van der Waals surface area contributed by atoms with E-state index in [0.29, 0.717) is 38.2 Å². The molecule has 1 saturated heterocycles. The summed E-state index contributed by atoms with van der Waals surface area (Å²) in [6, 6.07) is 2.86. The van der Waals surface area contributed by atoms with E-state index in [1.165, 1.54) is 33.5 Å². The van der Waals surface area contributed by atoms with Crippen LogP contribution in [0.25, 0.3) is 0 Å². The average Bonchev–Trinajstić information content (AvgIpc) is 2.66. The maximum absolute atomic E-state index is 12.4. The predicted octanol–water partition coefficient (Wildman–Crippen LogP) is -0.507. The number of rotatable bonds is 2. The van der Waals surface area contributed by atoms with E-state index in [0.717, 1.165) is 0 Å². The van der Waals surface area contributed by atoms with Gasteiger partial charge in [0.15, 0.2) is 0 Å². The smallest absolute Gasteiger partial charge is 0.255 e. The van der Waals surface area contributed by atoms with Gasteiger partial charge in [0, 0.05) is 45.5 Å². The molecule has 0 radical (unpaired) electrons. The largest absolute Gasteiger partial charge is 0.337 e. The molecule has 0 unspecified atom stereocenters. The van der Waals surface area contributed by atoms with Crippen LogP contribution in [0.5, 0.6) is 0 Å². The molecular weight excluding hydrogens is 294 g/mol. The molecule has 0 N–H and O–H groups in total. The Morgan fingerprint density at radius 1 is 1.14 bits per heavy atom. The van der Waals surface area contributed by atoms with Crippen molar-refractivity contribution in [2.45, 2.75) is 6.42 Å². The molecule has 0 aliphatic carbocycles. The quantitative estimate of drug-likeness (QED) is 0.737. The zero-order chi connectivity index (χ0) is 15.6. The Morgan fingerprint density at radius 3 is 2.48 bits per heavy atom. The summed E-state index contributed by atoms with van der Waals surface area (Å²) in [5.74, 6) is -0.180. The summed E-state index contributed by atoms with van der Waals surface area (Å²) in [6.07, 6.45) is 3.28. The fourth-order valence-corrected chi connectivity index (χ4v) is 3.21. The van der Waals surface area contributed by atoms with Gasteiger partial charge in [-0.05, 0) is 12.5 Å². The number of aryl methyl sites for hydroxylation is 1. The van der Waals surface area contributed by atoms with Gasteiger partial charge in [0.1, 0.15) is 0 Å². The normalized spacial score (nSPS) is 17.5. The van der Waals surface area contributed by atoms with Crippen LogP contribution in [-0.4, -0.2) is 60.5 Å². The highest BCUT2D eigenvalue weighted by Gasteiger charge is 2.24. The van der Waals surface area contributed by atoms with Gasteiger partial charge in [-0.3, -0.25) is 9.59 Å². The van der Waals surface area contributed by atoms with Gasteiger partial charge >= 0.3 is 0 Å². The van der Waals surface area contributed by atoms with Gasteiger partial charge in [-0.25, -0.2) is 12.7 Å². The third kappa shape index (κ3) is 3.70. The zero-order valence-corrected chi connectivity index (χ0v) is 13.0. The lowest BCUT2D eigenvalue weighted by molar-refractivity contribution is 0.0763. The summed E-state index contributed by atoms with van der Waals surface area (Å²) in [6.45, 7) is 1.59. The molecule has 0 spiro atoms. The Morgan fingerprint density at radius 2 is 1.86 bits per heavy atom. The molecule has 1 aliphatic rings. The summed E-state index contributed by atoms with van der Waals surface area (Å²) < 4.78 is 25.8. The fraction of sp³-hybridized carbons (Fsp3) is 0.538. The van der Waals surface area contributed by atoms with Crippen molar-refractivity contribution in [1.29, 1.82) is 0 Å². The fourth-order valence-electron chi connectivity index (χ4n) is 2.33. The van der Waals surface area contributed by atoms with E-state index >= 15 is 0 Å². The van der Waals surface area contributed by atoms with Crippen LogP contribution in [0.4, 0.5) is 0 Å². The molecule has 1 aromatic rings. The van der Waals surface area contributed by atoms with Crippen molar-refractivity contribution in [3.05, 3.63) is 34.2 Å². The van der Waals surface area contributed by atoms with Gasteiger partial charge in [-0.1, -0.05) is 0 Å². The molecule has 8 heteroatoms. The van der Waals surface area contributed by atoms with Crippen LogP contribution < -0.4 is 5.56 Å². The number of hydrogen-bond acceptors (Lipinski definition) is 4. The van der Waals surface area contributed by atoms with Crippen LogP contribution in [0.2, 0.25) is 0 Å². The van der Waals surface area contributed by atoms with E-state index in [4.69, 9.17) is 0 Å². The van der Waals surface area contributed by atoms with E-state index in [9.17, 15) is 18.0 Å². The monoisotopic (exact) mass is 313 g/mol. The van der Waals surface area contributed by atoms with Crippen molar-refractivity contribution in [3.8, 4) is 0 Å². The molecule has 21 heavy (non-hydrogen) atoms. The molecule has 1 fully saturated rings. The molecular formula is C13H19N3O4S. The molecule has 1 amide bonds. The number of carbonyl (C=O) groups excluding carboxylic acids is 1. The minimum atomic E-state index is -3.23. The average molecular weight is 313 g/mol. The van der Waals surface area contributed by atoms with Gasteiger partial charge in [-0.15, -0.1) is 0 Å². The van der Waals surface area contributed by atoms with Crippen LogP contribution in [0.3, 0.4) is 0 Å². The minimum absolute atomic E-state index is 0.175. The molecule has 7 nitrogen and oxygen atoms in total. The van der Waals surface area contributed by atoms with Crippen LogP contribution in [-0.2, 0) is 17.1 Å². The first-order valence-electron chi connectivity index (χ1n) is 6.70. The Hall–Kier alpha value is -1.67. The Kier molecular flexibility index (Phi) is 4.48. The highest BCUT2D eigenvalue weighted by molar-refractivity contribution is 7.88. The van der Waals surface area contributed by atoms with Crippen molar-refractivity contribution in [1.82, 2.24) is 13.8 Å². The van der Waals surface area contributed by atoms with Gasteiger partial charge in [0.05, 0.1) is 11.8 Å². The van der Waals surface area contributed by atoms with Crippen molar-refractivity contribution >= 4 is 15.9 Å². The number of aromatic nitrogens is 1. The first-order chi connectivity index (χ1) is 9.79. The second-order valence-corrected chi connectivity index (χ2v) is 7.16. The summed E-state index contributed by atoms with van der Waals surface area (Å²) in [5.41, 5.74) is 0.260. The minimum Gasteiger partial charge on any atom is -0.337 e. The van der Waals surface area contributed by atoms with Crippen LogP contribution in [0, 0.1) is 0 Å². The third-order valence-corrected chi connectivity index (χ3v) is 4.85. The van der Waals surface area contributed by atoms with Crippen LogP contribution >= 0.6 is 0 Å². The van der Waals surface area contributed by atoms with Gasteiger partial charge in [0.25, 0.3) is 5.91 Å². The van der Waals surface area contributed by atoms with Crippen molar-refractivity contribution in [2.75, 3.05) is 32.4 Å². The molecule has 0 bridgehead atoms. The van der Waals surface area contributed by atoms with E-state index in [2.05, 4.69) is 0 Å². The molecule has 2 rings (SSSR count). The lowest BCUT2D eigenvalue weighted by Crippen LogP contribution is -2.37. The standard InChI is InChI=1S/C13H19N3O4S/c1-14-10-11(4-5-12(14)17)13(18)15-6-3-7-16(9-8-15)21(2,19)20/h4-5,10H,3,6-9H2,1-2H3. The summed E-state index contributed by atoms with van der Waals surface area (Å²) in [7, 11) is -1.64. The van der Waals surface area contributed by atoms with Gasteiger partial charge < -0.3 is 9.47 Å². The number of amides is 1. The second-order valence-electron chi connectivity index (χ2n) is 5.17. The summed E-state index contributed by atoms with van der Waals surface area (Å²) >= 11 is 0. The Balaban J connectivity index is 2.13. The van der Waals surface area contributed by atoms with Crippen molar-refractivity contribution < 1.29 is 13.2 Å². The van der Waals surface area contributed by atoms with Crippen molar-refractivity contribution in [2.24, 2.45) is 7.05 Å². The predicted molar refractivity (Wildman–Crippen MR) is 78.6 cm³/mol. The Labute approximate surface area is 123 Å². The summed E-state index contributed by atoms with van der Waals surface area (Å²) in [5, 5.41) is 0. The first kappa shape index (κ1) is 15.7. The Bertz CT molecular complexity index is 696. The number of nitrogens with zero attached hydrogens (tertiary/aromatic N) is 3. The zero-order valence-electron chi connectivity index (χ0n) is 12.2. The lowest BCUT2D eigenvalue weighted by atomic mass is 10.2. The number of hydrogen-bond donors (Lipinski definition) is 0. The number of carbonyl (C=O) groups is 1. The number of sulfonamides is 1. The maximum Gasteiger partial charge on any atom is 0.255 e. The number of pyridine rings is 1. The first-order valence-corrected chi connectivity index (χ1v) is 8.55. The van der Waals surface area contributed by atoms with E-state index in [-0.39, 0.29) is 11.5 Å². The maximum atomic E-state index is 12.4. The van der Waals surface area contributed by atoms with E-state index < -0.39 is 10.0 Å². The molecule has 0 aromatic carbocycles. The SMILES string of the molecule is Cn1cc(C(=O)N2CCCN(S(C)(=O)=O)CC2)ccc1=O. The van der Waals surface area contributed by atoms with Crippen molar-refractivity contribution in [3.63, 3.8) is 0 Å². The molecule has 0 atom stereocenters. The van der Waals surface area contributed by atoms with Gasteiger partial charge in [-0.2, -0.15) is 0 Å².